The van der Waals surface area contributed by atoms with E-state index in [-0.39, 0.29) is 11.6 Å². The summed E-state index contributed by atoms with van der Waals surface area (Å²) in [4.78, 5) is 5.23. The van der Waals surface area contributed by atoms with Gasteiger partial charge in [0.05, 0.1) is 5.41 Å². The Morgan fingerprint density at radius 1 is 1.50 bits per heavy atom. The van der Waals surface area contributed by atoms with Crippen molar-refractivity contribution in [2.75, 3.05) is 14.1 Å². The quantitative estimate of drug-likeness (QED) is 0.772. The molecule has 0 N–H and O–H groups in total. The standard InChI is InChI=1S/C9H11N3O3S/c1-7-11-8(6-10)9(15-7)16(13,14)5-4-12(2)3/h4-5H,1-3H3/b5-4+. The van der Waals surface area contributed by atoms with Gasteiger partial charge in [0.1, 0.15) is 6.07 Å². The van der Waals surface area contributed by atoms with Crippen molar-refractivity contribution in [1.29, 1.82) is 5.26 Å². The maximum absolute atomic E-state index is 11.7. The van der Waals surface area contributed by atoms with Crippen LogP contribution >= 0.6 is 0 Å². The largest absolute Gasteiger partial charge is 0.428 e. The summed E-state index contributed by atoms with van der Waals surface area (Å²) < 4.78 is 28.4. The van der Waals surface area contributed by atoms with E-state index in [4.69, 9.17) is 9.68 Å². The van der Waals surface area contributed by atoms with Gasteiger partial charge in [-0.1, -0.05) is 0 Å². The van der Waals surface area contributed by atoms with E-state index >= 15 is 0 Å². The number of nitrogens with zero attached hydrogens (tertiary/aromatic N) is 3. The second-order valence-electron chi connectivity index (χ2n) is 3.27. The normalized spacial score (nSPS) is 11.6. The van der Waals surface area contributed by atoms with Gasteiger partial charge in [0, 0.05) is 27.2 Å². The van der Waals surface area contributed by atoms with Gasteiger partial charge in [-0.3, -0.25) is 0 Å². The fourth-order valence-corrected chi connectivity index (χ4v) is 2.06. The Balaban J connectivity index is 3.23. The minimum Gasteiger partial charge on any atom is -0.428 e. The molecule has 0 bridgehead atoms. The number of rotatable bonds is 3. The molecule has 0 radical (unpaired) electrons. The fourth-order valence-electron chi connectivity index (χ4n) is 0.936. The molecule has 0 saturated heterocycles. The van der Waals surface area contributed by atoms with E-state index in [2.05, 4.69) is 4.98 Å². The number of sulfone groups is 1. The predicted octanol–water partition coefficient (Wildman–Crippen LogP) is 0.661. The lowest BCUT2D eigenvalue weighted by Gasteiger charge is -2.02. The molecule has 0 fully saturated rings. The zero-order valence-corrected chi connectivity index (χ0v) is 9.95. The summed E-state index contributed by atoms with van der Waals surface area (Å²) in [5, 5.41) is 9.26. The SMILES string of the molecule is Cc1nc(C#N)c(S(=O)(=O)/C=C/N(C)C)o1. The average Bonchev–Trinajstić information content (AvgIpc) is 2.57. The van der Waals surface area contributed by atoms with Crippen LogP contribution in [0.2, 0.25) is 0 Å². The topological polar surface area (TPSA) is 87.2 Å². The van der Waals surface area contributed by atoms with E-state index in [0.717, 1.165) is 5.41 Å². The molecule has 0 amide bonds. The zero-order valence-electron chi connectivity index (χ0n) is 9.13. The zero-order chi connectivity index (χ0) is 12.3. The first kappa shape index (κ1) is 12.3. The van der Waals surface area contributed by atoms with Crippen molar-refractivity contribution in [1.82, 2.24) is 9.88 Å². The van der Waals surface area contributed by atoms with Crippen LogP contribution in [0.3, 0.4) is 0 Å². The third-order valence-corrected chi connectivity index (χ3v) is 2.88. The van der Waals surface area contributed by atoms with Crippen LogP contribution in [-0.2, 0) is 9.84 Å². The van der Waals surface area contributed by atoms with Crippen LogP contribution in [-0.4, -0.2) is 32.4 Å². The van der Waals surface area contributed by atoms with E-state index in [9.17, 15) is 8.42 Å². The molecule has 86 valence electrons. The minimum absolute atomic E-state index is 0.147. The summed E-state index contributed by atoms with van der Waals surface area (Å²) in [5.74, 6) is 0.147. The molecule has 1 rings (SSSR count). The molecule has 1 aromatic heterocycles. The number of aryl methyl sites for hydroxylation is 1. The summed E-state index contributed by atoms with van der Waals surface area (Å²) in [6.07, 6.45) is 1.36. The smallest absolute Gasteiger partial charge is 0.260 e. The maximum Gasteiger partial charge on any atom is 0.260 e. The Hall–Kier alpha value is -1.81. The third kappa shape index (κ3) is 2.61. The van der Waals surface area contributed by atoms with Gasteiger partial charge in [0.2, 0.25) is 9.84 Å². The summed E-state index contributed by atoms with van der Waals surface area (Å²) in [6.45, 7) is 1.48. The molecule has 0 aliphatic rings. The van der Waals surface area contributed by atoms with Gasteiger partial charge in [0.15, 0.2) is 11.6 Å². The second kappa shape index (κ2) is 4.37. The molecular weight excluding hydrogens is 230 g/mol. The van der Waals surface area contributed by atoms with E-state index in [1.807, 2.05) is 0 Å². The summed E-state index contributed by atoms with van der Waals surface area (Å²) in [7, 11) is -0.384. The monoisotopic (exact) mass is 241 g/mol. The molecule has 0 unspecified atom stereocenters. The highest BCUT2D eigenvalue weighted by Crippen LogP contribution is 2.18. The number of hydrogen-bond donors (Lipinski definition) is 0. The number of oxazole rings is 1. The fraction of sp³-hybridized carbons (Fsp3) is 0.333. The van der Waals surface area contributed by atoms with Crippen LogP contribution in [0.1, 0.15) is 11.6 Å². The molecule has 0 atom stereocenters. The van der Waals surface area contributed by atoms with Crippen molar-refractivity contribution in [2.45, 2.75) is 12.0 Å². The molecule has 1 heterocycles. The molecule has 0 spiro atoms. The molecule has 6 nitrogen and oxygen atoms in total. The number of aromatic nitrogens is 1. The van der Waals surface area contributed by atoms with Crippen molar-refractivity contribution >= 4 is 9.84 Å². The van der Waals surface area contributed by atoms with Crippen LogP contribution in [0.4, 0.5) is 0 Å². The Bertz CT molecular complexity index is 549. The highest BCUT2D eigenvalue weighted by Gasteiger charge is 2.22. The maximum atomic E-state index is 11.7. The summed E-state index contributed by atoms with van der Waals surface area (Å²) >= 11 is 0. The molecule has 0 saturated carbocycles. The number of nitriles is 1. The van der Waals surface area contributed by atoms with Crippen LogP contribution in [0.25, 0.3) is 0 Å². The van der Waals surface area contributed by atoms with Crippen LogP contribution in [0.5, 0.6) is 0 Å². The van der Waals surface area contributed by atoms with Crippen LogP contribution in [0.15, 0.2) is 21.1 Å². The Kier molecular flexibility index (Phi) is 3.34. The first-order valence-corrected chi connectivity index (χ1v) is 5.88. The van der Waals surface area contributed by atoms with E-state index in [1.54, 1.807) is 25.1 Å². The van der Waals surface area contributed by atoms with E-state index in [1.165, 1.54) is 13.1 Å². The Morgan fingerprint density at radius 3 is 2.62 bits per heavy atom. The lowest BCUT2D eigenvalue weighted by atomic mass is 10.5. The highest BCUT2D eigenvalue weighted by atomic mass is 32.2. The molecule has 7 heteroatoms. The van der Waals surface area contributed by atoms with Gasteiger partial charge in [-0.2, -0.15) is 5.26 Å². The van der Waals surface area contributed by atoms with Crippen molar-refractivity contribution in [2.24, 2.45) is 0 Å². The Morgan fingerprint density at radius 2 is 2.12 bits per heavy atom. The van der Waals surface area contributed by atoms with Gasteiger partial charge >= 0.3 is 0 Å². The van der Waals surface area contributed by atoms with Gasteiger partial charge in [0.25, 0.3) is 5.09 Å². The molecule has 0 aliphatic carbocycles. The summed E-state index contributed by atoms with van der Waals surface area (Å²) in [5.41, 5.74) is -0.221. The van der Waals surface area contributed by atoms with Gasteiger partial charge in [-0.15, -0.1) is 0 Å². The van der Waals surface area contributed by atoms with E-state index in [0.29, 0.717) is 0 Å². The second-order valence-corrected chi connectivity index (χ2v) is 5.01. The third-order valence-electron chi connectivity index (χ3n) is 1.61. The lowest BCUT2D eigenvalue weighted by Crippen LogP contribution is -2.04. The molecule has 0 aliphatic heterocycles. The first-order valence-electron chi connectivity index (χ1n) is 4.34. The molecule has 0 aromatic carbocycles. The van der Waals surface area contributed by atoms with Crippen LogP contribution in [0, 0.1) is 18.3 Å². The Labute approximate surface area is 93.7 Å². The summed E-state index contributed by atoms with van der Waals surface area (Å²) in [6, 6.07) is 1.68. The average molecular weight is 241 g/mol. The van der Waals surface area contributed by atoms with Gasteiger partial charge < -0.3 is 9.32 Å². The minimum atomic E-state index is -3.75. The van der Waals surface area contributed by atoms with Gasteiger partial charge in [-0.25, -0.2) is 13.4 Å². The molecule has 1 aromatic rings. The lowest BCUT2D eigenvalue weighted by molar-refractivity contribution is 0.424. The molecular formula is C9H11N3O3S. The predicted molar refractivity (Wildman–Crippen MR) is 56.0 cm³/mol. The number of hydrogen-bond acceptors (Lipinski definition) is 6. The van der Waals surface area contributed by atoms with Crippen molar-refractivity contribution < 1.29 is 12.8 Å². The van der Waals surface area contributed by atoms with Gasteiger partial charge in [-0.05, 0) is 0 Å². The highest BCUT2D eigenvalue weighted by molar-refractivity contribution is 7.94. The van der Waals surface area contributed by atoms with E-state index < -0.39 is 14.9 Å². The first-order chi connectivity index (χ1) is 7.36. The van der Waals surface area contributed by atoms with Crippen LogP contribution < -0.4 is 0 Å². The van der Waals surface area contributed by atoms with Crippen molar-refractivity contribution in [3.63, 3.8) is 0 Å². The molecule has 16 heavy (non-hydrogen) atoms. The van der Waals surface area contributed by atoms with Crippen molar-refractivity contribution in [3.8, 4) is 6.07 Å². The van der Waals surface area contributed by atoms with Crippen molar-refractivity contribution in [3.05, 3.63) is 23.2 Å².